The molecule has 0 spiro atoms. The Kier molecular flexibility index (Phi) is 4.53. The van der Waals surface area contributed by atoms with Gasteiger partial charge in [-0.15, -0.1) is 0 Å². The second-order valence-corrected chi connectivity index (χ2v) is 4.96. The van der Waals surface area contributed by atoms with E-state index in [2.05, 4.69) is 6.07 Å². The summed E-state index contributed by atoms with van der Waals surface area (Å²) >= 11 is 0. The summed E-state index contributed by atoms with van der Waals surface area (Å²) in [6.45, 7) is 5.01. The third-order valence-corrected chi connectivity index (χ3v) is 3.14. The topological polar surface area (TPSA) is 46.3 Å². The zero-order chi connectivity index (χ0) is 14.5. The molecule has 0 bridgehead atoms. The number of benzene rings is 2. The number of rotatable bonds is 4. The van der Waals surface area contributed by atoms with Gasteiger partial charge >= 0.3 is 0 Å². The molecule has 0 unspecified atom stereocenters. The second-order valence-electron chi connectivity index (χ2n) is 4.96. The van der Waals surface area contributed by atoms with E-state index in [1.54, 1.807) is 4.90 Å². The van der Waals surface area contributed by atoms with Crippen molar-refractivity contribution in [1.82, 2.24) is 0 Å². The molecule has 0 heterocycles. The zero-order valence-electron chi connectivity index (χ0n) is 12.0. The van der Waals surface area contributed by atoms with E-state index in [9.17, 15) is 4.79 Å². The normalized spacial score (nSPS) is 10.3. The summed E-state index contributed by atoms with van der Waals surface area (Å²) < 4.78 is 0. The van der Waals surface area contributed by atoms with Crippen LogP contribution in [-0.4, -0.2) is 19.0 Å². The van der Waals surface area contributed by atoms with E-state index in [1.165, 1.54) is 0 Å². The average molecular weight is 268 g/mol. The number of carbonyl (C=O) groups is 1. The van der Waals surface area contributed by atoms with Gasteiger partial charge in [0.05, 0.1) is 0 Å². The summed E-state index contributed by atoms with van der Waals surface area (Å²) in [5.74, 6) is -0.0129. The lowest BCUT2D eigenvalue weighted by Crippen LogP contribution is -2.35. The number of carbonyl (C=O) groups excluding carboxylic acids is 1. The highest BCUT2D eigenvalue weighted by Gasteiger charge is 2.17. The monoisotopic (exact) mass is 268 g/mol. The van der Waals surface area contributed by atoms with Gasteiger partial charge in [0.2, 0.25) is 0 Å². The molecular weight excluding hydrogens is 248 g/mol. The molecule has 2 aromatic carbocycles. The maximum atomic E-state index is 12.6. The van der Waals surface area contributed by atoms with E-state index in [0.717, 1.165) is 16.8 Å². The molecule has 0 aliphatic rings. The van der Waals surface area contributed by atoms with Crippen LogP contribution in [0.3, 0.4) is 0 Å². The first-order valence-corrected chi connectivity index (χ1v) is 6.77. The Morgan fingerprint density at radius 2 is 1.65 bits per heavy atom. The summed E-state index contributed by atoms with van der Waals surface area (Å²) in [6.07, 6.45) is 0. The molecule has 0 aliphatic heterocycles. The molecule has 2 N–H and O–H groups in total. The van der Waals surface area contributed by atoms with Crippen LogP contribution >= 0.6 is 0 Å². The first-order chi connectivity index (χ1) is 9.61. The van der Waals surface area contributed by atoms with Crippen LogP contribution in [0.2, 0.25) is 0 Å². The maximum absolute atomic E-state index is 12.6. The Balaban J connectivity index is 2.38. The molecular formula is C17H20N2O. The Morgan fingerprint density at radius 3 is 2.20 bits per heavy atom. The van der Waals surface area contributed by atoms with Crippen molar-refractivity contribution in [3.63, 3.8) is 0 Å². The van der Waals surface area contributed by atoms with Gasteiger partial charge in [0.1, 0.15) is 0 Å². The standard InChI is InChI=1S/C17H20N2O/c1-13-10-14(2)12-16(11-13)19(9-8-18)17(20)15-6-4-3-5-7-15/h3-7,10-12H,8-9,18H2,1-2H3. The molecule has 20 heavy (non-hydrogen) atoms. The van der Waals surface area contributed by atoms with Gasteiger partial charge < -0.3 is 10.6 Å². The Bertz CT molecular complexity index is 573. The van der Waals surface area contributed by atoms with Crippen LogP contribution in [0.5, 0.6) is 0 Å². The number of nitrogens with zero attached hydrogens (tertiary/aromatic N) is 1. The minimum atomic E-state index is -0.0129. The van der Waals surface area contributed by atoms with E-state index < -0.39 is 0 Å². The molecule has 0 atom stereocenters. The zero-order valence-corrected chi connectivity index (χ0v) is 12.0. The number of hydrogen-bond donors (Lipinski definition) is 1. The van der Waals surface area contributed by atoms with Crippen molar-refractivity contribution in [2.75, 3.05) is 18.0 Å². The minimum absolute atomic E-state index is 0.0129. The highest BCUT2D eigenvalue weighted by molar-refractivity contribution is 6.06. The largest absolute Gasteiger partial charge is 0.329 e. The predicted octanol–water partition coefficient (Wildman–Crippen LogP) is 2.91. The van der Waals surface area contributed by atoms with Crippen molar-refractivity contribution in [3.05, 3.63) is 65.2 Å². The molecule has 2 aromatic rings. The van der Waals surface area contributed by atoms with Crippen molar-refractivity contribution in [1.29, 1.82) is 0 Å². The van der Waals surface area contributed by atoms with Gasteiger partial charge in [0.15, 0.2) is 0 Å². The molecule has 104 valence electrons. The van der Waals surface area contributed by atoms with Crippen molar-refractivity contribution >= 4 is 11.6 Å². The van der Waals surface area contributed by atoms with Gasteiger partial charge in [0.25, 0.3) is 5.91 Å². The number of nitrogens with two attached hydrogens (primary N) is 1. The molecule has 3 nitrogen and oxygen atoms in total. The lowest BCUT2D eigenvalue weighted by atomic mass is 10.1. The number of anilines is 1. The highest BCUT2D eigenvalue weighted by Crippen LogP contribution is 2.20. The average Bonchev–Trinajstić information content (AvgIpc) is 2.44. The number of aryl methyl sites for hydroxylation is 2. The minimum Gasteiger partial charge on any atom is -0.329 e. The van der Waals surface area contributed by atoms with Crippen LogP contribution in [-0.2, 0) is 0 Å². The lowest BCUT2D eigenvalue weighted by molar-refractivity contribution is 0.0987. The fraction of sp³-hybridized carbons (Fsp3) is 0.235. The summed E-state index contributed by atoms with van der Waals surface area (Å²) in [7, 11) is 0. The van der Waals surface area contributed by atoms with E-state index in [4.69, 9.17) is 5.73 Å². The first-order valence-electron chi connectivity index (χ1n) is 6.77. The van der Waals surface area contributed by atoms with Crippen LogP contribution in [0.25, 0.3) is 0 Å². The van der Waals surface area contributed by atoms with Crippen molar-refractivity contribution in [3.8, 4) is 0 Å². The van der Waals surface area contributed by atoms with Gasteiger partial charge in [-0.2, -0.15) is 0 Å². The fourth-order valence-electron chi connectivity index (χ4n) is 2.32. The highest BCUT2D eigenvalue weighted by atomic mass is 16.2. The molecule has 3 heteroatoms. The third kappa shape index (κ3) is 3.25. The predicted molar refractivity (Wildman–Crippen MR) is 83.1 cm³/mol. The van der Waals surface area contributed by atoms with E-state index in [0.29, 0.717) is 18.7 Å². The van der Waals surface area contributed by atoms with E-state index >= 15 is 0 Å². The molecule has 0 fully saturated rings. The van der Waals surface area contributed by atoms with Gasteiger partial charge in [0, 0.05) is 24.3 Å². The molecule has 0 radical (unpaired) electrons. The molecule has 2 rings (SSSR count). The second kappa shape index (κ2) is 6.35. The van der Waals surface area contributed by atoms with Crippen LogP contribution in [0, 0.1) is 13.8 Å². The Labute approximate surface area is 120 Å². The Hall–Kier alpha value is -2.13. The fourth-order valence-corrected chi connectivity index (χ4v) is 2.32. The molecule has 1 amide bonds. The van der Waals surface area contributed by atoms with Gasteiger partial charge in [-0.1, -0.05) is 24.3 Å². The maximum Gasteiger partial charge on any atom is 0.258 e. The summed E-state index contributed by atoms with van der Waals surface area (Å²) in [4.78, 5) is 14.4. The van der Waals surface area contributed by atoms with Gasteiger partial charge in [-0.05, 0) is 49.2 Å². The summed E-state index contributed by atoms with van der Waals surface area (Å²) in [5.41, 5.74) is 9.53. The van der Waals surface area contributed by atoms with E-state index in [1.807, 2.05) is 56.3 Å². The molecule has 0 saturated heterocycles. The van der Waals surface area contributed by atoms with Gasteiger partial charge in [-0.3, -0.25) is 4.79 Å². The smallest absolute Gasteiger partial charge is 0.258 e. The van der Waals surface area contributed by atoms with Crippen molar-refractivity contribution in [2.45, 2.75) is 13.8 Å². The van der Waals surface area contributed by atoms with Crippen LogP contribution in [0.1, 0.15) is 21.5 Å². The lowest BCUT2D eigenvalue weighted by Gasteiger charge is -2.23. The summed E-state index contributed by atoms with van der Waals surface area (Å²) in [6, 6.07) is 15.4. The van der Waals surface area contributed by atoms with Crippen LogP contribution in [0.4, 0.5) is 5.69 Å². The summed E-state index contributed by atoms with van der Waals surface area (Å²) in [5, 5.41) is 0. The number of hydrogen-bond acceptors (Lipinski definition) is 2. The van der Waals surface area contributed by atoms with E-state index in [-0.39, 0.29) is 5.91 Å². The van der Waals surface area contributed by atoms with Crippen molar-refractivity contribution < 1.29 is 4.79 Å². The van der Waals surface area contributed by atoms with Crippen LogP contribution < -0.4 is 10.6 Å². The van der Waals surface area contributed by atoms with Gasteiger partial charge in [-0.25, -0.2) is 0 Å². The first kappa shape index (κ1) is 14.3. The molecule has 0 saturated carbocycles. The third-order valence-electron chi connectivity index (χ3n) is 3.14. The molecule has 0 aliphatic carbocycles. The number of amides is 1. The van der Waals surface area contributed by atoms with Crippen LogP contribution in [0.15, 0.2) is 48.5 Å². The van der Waals surface area contributed by atoms with Crippen molar-refractivity contribution in [2.24, 2.45) is 5.73 Å². The Morgan fingerprint density at radius 1 is 1.05 bits per heavy atom. The molecule has 0 aromatic heterocycles. The SMILES string of the molecule is Cc1cc(C)cc(N(CCN)C(=O)c2ccccc2)c1. The quantitative estimate of drug-likeness (QED) is 0.926.